The van der Waals surface area contributed by atoms with E-state index in [0.29, 0.717) is 5.02 Å². The first-order valence-corrected chi connectivity index (χ1v) is 7.87. The molecule has 0 aliphatic carbocycles. The van der Waals surface area contributed by atoms with Crippen molar-refractivity contribution in [2.45, 2.75) is 0 Å². The number of esters is 2. The first kappa shape index (κ1) is 19.2. The van der Waals surface area contributed by atoms with E-state index in [0.717, 1.165) is 5.56 Å². The van der Waals surface area contributed by atoms with Gasteiger partial charge in [0.15, 0.2) is 0 Å². The van der Waals surface area contributed by atoms with Crippen molar-refractivity contribution in [1.29, 1.82) is 0 Å². The zero-order chi connectivity index (χ0) is 19.1. The molecular weight excluding hydrogens is 358 g/mol. The number of hydrogen-bond acceptors (Lipinski definition) is 5. The highest BCUT2D eigenvalue weighted by Gasteiger charge is 2.14. The number of rotatable bonds is 5. The Morgan fingerprint density at radius 2 is 1.58 bits per heavy atom. The lowest BCUT2D eigenvalue weighted by Gasteiger charge is -2.08. The summed E-state index contributed by atoms with van der Waals surface area (Å²) in [6, 6.07) is 11.1. The number of carbonyl (C=O) groups excluding carboxylic acids is 3. The molecule has 0 radical (unpaired) electrons. The lowest BCUT2D eigenvalue weighted by atomic mass is 10.1. The minimum absolute atomic E-state index is 0.115. The fourth-order valence-electron chi connectivity index (χ4n) is 2.14. The van der Waals surface area contributed by atoms with Gasteiger partial charge in [0.1, 0.15) is 0 Å². The third kappa shape index (κ3) is 5.19. The zero-order valence-corrected chi connectivity index (χ0v) is 14.9. The molecule has 0 bridgehead atoms. The van der Waals surface area contributed by atoms with Crippen molar-refractivity contribution in [2.75, 3.05) is 19.5 Å². The molecule has 134 valence electrons. The smallest absolute Gasteiger partial charge is 0.337 e. The molecule has 0 spiro atoms. The van der Waals surface area contributed by atoms with Crippen LogP contribution in [0.4, 0.5) is 5.69 Å². The van der Waals surface area contributed by atoms with Crippen molar-refractivity contribution < 1.29 is 23.9 Å². The topological polar surface area (TPSA) is 81.7 Å². The SMILES string of the molecule is COC(=O)c1cc(NC(=O)/C=C/c2cccc(Cl)c2)cc(C(=O)OC)c1. The Balaban J connectivity index is 2.22. The number of nitrogens with one attached hydrogen (secondary N) is 1. The molecular formula is C19H16ClNO5. The van der Waals surface area contributed by atoms with Crippen molar-refractivity contribution in [2.24, 2.45) is 0 Å². The van der Waals surface area contributed by atoms with Crippen molar-refractivity contribution in [3.05, 3.63) is 70.3 Å². The maximum atomic E-state index is 12.1. The maximum absolute atomic E-state index is 12.1. The Labute approximate surface area is 155 Å². The Morgan fingerprint density at radius 1 is 0.962 bits per heavy atom. The highest BCUT2D eigenvalue weighted by Crippen LogP contribution is 2.17. The van der Waals surface area contributed by atoms with Crippen molar-refractivity contribution in [3.8, 4) is 0 Å². The minimum atomic E-state index is -0.638. The molecule has 0 fully saturated rings. The molecule has 0 atom stereocenters. The number of carbonyl (C=O) groups is 3. The number of hydrogen-bond donors (Lipinski definition) is 1. The van der Waals surface area contributed by atoms with Gasteiger partial charge in [0, 0.05) is 16.8 Å². The number of halogens is 1. The molecule has 26 heavy (non-hydrogen) atoms. The van der Waals surface area contributed by atoms with Gasteiger partial charge in [-0.15, -0.1) is 0 Å². The van der Waals surface area contributed by atoms with Gasteiger partial charge in [0.05, 0.1) is 25.3 Å². The van der Waals surface area contributed by atoms with E-state index in [1.54, 1.807) is 30.3 Å². The molecule has 0 unspecified atom stereocenters. The lowest BCUT2D eigenvalue weighted by molar-refractivity contribution is -0.111. The highest BCUT2D eigenvalue weighted by atomic mass is 35.5. The fourth-order valence-corrected chi connectivity index (χ4v) is 2.34. The van der Waals surface area contributed by atoms with E-state index in [1.165, 1.54) is 38.5 Å². The van der Waals surface area contributed by atoms with Crippen molar-refractivity contribution >= 4 is 41.2 Å². The van der Waals surface area contributed by atoms with Gasteiger partial charge in [-0.1, -0.05) is 23.7 Å². The Morgan fingerprint density at radius 3 is 2.12 bits per heavy atom. The van der Waals surface area contributed by atoms with Crippen molar-refractivity contribution in [3.63, 3.8) is 0 Å². The number of benzene rings is 2. The monoisotopic (exact) mass is 373 g/mol. The summed E-state index contributed by atoms with van der Waals surface area (Å²) in [5.41, 5.74) is 1.24. The van der Waals surface area contributed by atoms with Gasteiger partial charge in [0.25, 0.3) is 0 Å². The van der Waals surface area contributed by atoms with Gasteiger partial charge in [-0.25, -0.2) is 9.59 Å². The predicted octanol–water partition coefficient (Wildman–Crippen LogP) is 3.57. The van der Waals surface area contributed by atoms with Gasteiger partial charge in [-0.2, -0.15) is 0 Å². The lowest BCUT2D eigenvalue weighted by Crippen LogP contribution is -2.12. The summed E-state index contributed by atoms with van der Waals surface area (Å²) in [5.74, 6) is -1.72. The second-order valence-corrected chi connectivity index (χ2v) is 5.60. The van der Waals surface area contributed by atoms with E-state index in [4.69, 9.17) is 11.6 Å². The summed E-state index contributed by atoms with van der Waals surface area (Å²) in [7, 11) is 2.44. The molecule has 1 N–H and O–H groups in total. The van der Waals surface area contributed by atoms with Crippen LogP contribution in [0.15, 0.2) is 48.5 Å². The van der Waals surface area contributed by atoms with Crippen LogP contribution < -0.4 is 5.32 Å². The molecule has 0 aliphatic heterocycles. The molecule has 0 aliphatic rings. The number of ether oxygens (including phenoxy) is 2. The molecule has 0 saturated carbocycles. The quantitative estimate of drug-likeness (QED) is 0.640. The molecule has 1 amide bonds. The van der Waals surface area contributed by atoms with Crippen LogP contribution >= 0.6 is 11.6 Å². The average molecular weight is 374 g/mol. The molecule has 0 heterocycles. The molecule has 2 aromatic rings. The minimum Gasteiger partial charge on any atom is -0.465 e. The third-order valence-electron chi connectivity index (χ3n) is 3.32. The largest absolute Gasteiger partial charge is 0.465 e. The summed E-state index contributed by atoms with van der Waals surface area (Å²) in [5, 5.41) is 3.15. The predicted molar refractivity (Wildman–Crippen MR) is 98.2 cm³/mol. The normalized spacial score (nSPS) is 10.4. The van der Waals surface area contributed by atoms with E-state index in [1.807, 2.05) is 0 Å². The van der Waals surface area contributed by atoms with Crippen LogP contribution in [0.25, 0.3) is 6.08 Å². The van der Waals surface area contributed by atoms with Crippen LogP contribution in [0.1, 0.15) is 26.3 Å². The molecule has 2 rings (SSSR count). The van der Waals surface area contributed by atoms with Gasteiger partial charge < -0.3 is 14.8 Å². The first-order valence-electron chi connectivity index (χ1n) is 7.49. The van der Waals surface area contributed by atoms with E-state index < -0.39 is 17.8 Å². The Bertz CT molecular complexity index is 842. The summed E-state index contributed by atoms with van der Waals surface area (Å²) in [6.07, 6.45) is 2.90. The second-order valence-electron chi connectivity index (χ2n) is 5.16. The zero-order valence-electron chi connectivity index (χ0n) is 14.1. The van der Waals surface area contributed by atoms with Gasteiger partial charge in [0.2, 0.25) is 5.91 Å². The molecule has 0 saturated heterocycles. The van der Waals surface area contributed by atoms with Crippen LogP contribution in [0.3, 0.4) is 0 Å². The molecule has 6 nitrogen and oxygen atoms in total. The number of anilines is 1. The summed E-state index contributed by atoms with van der Waals surface area (Å²) in [6.45, 7) is 0. The van der Waals surface area contributed by atoms with E-state index >= 15 is 0 Å². The average Bonchev–Trinajstić information content (AvgIpc) is 2.64. The van der Waals surface area contributed by atoms with Crippen LogP contribution in [0.5, 0.6) is 0 Å². The Kier molecular flexibility index (Phi) is 6.52. The van der Waals surface area contributed by atoms with Gasteiger partial charge >= 0.3 is 11.9 Å². The Hall–Kier alpha value is -3.12. The van der Waals surface area contributed by atoms with Crippen LogP contribution in [-0.4, -0.2) is 32.1 Å². The second kappa shape index (κ2) is 8.82. The van der Waals surface area contributed by atoms with E-state index in [9.17, 15) is 14.4 Å². The van der Waals surface area contributed by atoms with E-state index in [2.05, 4.69) is 14.8 Å². The highest BCUT2D eigenvalue weighted by molar-refractivity contribution is 6.30. The molecule has 2 aromatic carbocycles. The summed E-state index contributed by atoms with van der Waals surface area (Å²) in [4.78, 5) is 35.6. The summed E-state index contributed by atoms with van der Waals surface area (Å²) < 4.78 is 9.30. The fraction of sp³-hybridized carbons (Fsp3) is 0.105. The first-order chi connectivity index (χ1) is 12.4. The summed E-state index contributed by atoms with van der Waals surface area (Å²) >= 11 is 5.89. The van der Waals surface area contributed by atoms with Gasteiger partial charge in [-0.3, -0.25) is 4.79 Å². The standard InChI is InChI=1S/C19H16ClNO5/c1-25-18(23)13-9-14(19(24)26-2)11-16(10-13)21-17(22)7-6-12-4-3-5-15(20)8-12/h3-11H,1-2H3,(H,21,22)/b7-6+. The van der Waals surface area contributed by atoms with Crippen molar-refractivity contribution in [1.82, 2.24) is 0 Å². The number of amides is 1. The number of methoxy groups -OCH3 is 2. The van der Waals surface area contributed by atoms with Crippen LogP contribution in [0, 0.1) is 0 Å². The van der Waals surface area contributed by atoms with E-state index in [-0.39, 0.29) is 16.8 Å². The van der Waals surface area contributed by atoms with Crippen LogP contribution in [0.2, 0.25) is 5.02 Å². The van der Waals surface area contributed by atoms with Crippen LogP contribution in [-0.2, 0) is 14.3 Å². The van der Waals surface area contributed by atoms with Gasteiger partial charge in [-0.05, 0) is 42.0 Å². The maximum Gasteiger partial charge on any atom is 0.337 e. The molecule has 0 aromatic heterocycles. The molecule has 7 heteroatoms. The third-order valence-corrected chi connectivity index (χ3v) is 3.55.